The molecule has 5 rings (SSSR count). The van der Waals surface area contributed by atoms with Gasteiger partial charge in [-0.3, -0.25) is 0 Å². The van der Waals surface area contributed by atoms with Crippen LogP contribution in [0.3, 0.4) is 0 Å². The third-order valence-corrected chi connectivity index (χ3v) is 7.30. The van der Waals surface area contributed by atoms with Crippen molar-refractivity contribution in [1.82, 2.24) is 19.4 Å². The lowest BCUT2D eigenvalue weighted by molar-refractivity contribution is 0.215. The Morgan fingerprint density at radius 2 is 1.82 bits per heavy atom. The molecule has 0 unspecified atom stereocenters. The van der Waals surface area contributed by atoms with Crippen LogP contribution in [0.1, 0.15) is 25.5 Å². The summed E-state index contributed by atoms with van der Waals surface area (Å²) < 4.78 is 17.8. The van der Waals surface area contributed by atoms with Crippen molar-refractivity contribution >= 4 is 34.0 Å². The molecular formula is C26H33ClN4O2S. The van der Waals surface area contributed by atoms with E-state index in [0.717, 1.165) is 61.4 Å². The van der Waals surface area contributed by atoms with E-state index >= 15 is 0 Å². The lowest BCUT2D eigenvalue weighted by Gasteiger charge is -2.22. The van der Waals surface area contributed by atoms with Crippen molar-refractivity contribution in [2.45, 2.75) is 32.7 Å². The molecule has 0 spiro atoms. The minimum Gasteiger partial charge on any atom is -0.493 e. The molecule has 182 valence electrons. The van der Waals surface area contributed by atoms with Crippen LogP contribution in [0.2, 0.25) is 0 Å². The van der Waals surface area contributed by atoms with Crippen LogP contribution in [-0.4, -0.2) is 40.4 Å². The van der Waals surface area contributed by atoms with Gasteiger partial charge < -0.3 is 23.9 Å². The maximum absolute atomic E-state index is 6.05. The van der Waals surface area contributed by atoms with Crippen LogP contribution in [0.4, 0.5) is 0 Å². The molecule has 1 aromatic carbocycles. The fraction of sp³-hybridized carbons (Fsp3) is 0.423. The SMILES string of the molecule is CCc1cn(CCOc2ccc(OCC3CCNCC3)cc2)c(-c2cc3sccc3n2C)n1.Cl. The molecule has 4 aromatic rings. The Hall–Kier alpha value is -2.48. The van der Waals surface area contributed by atoms with Gasteiger partial charge in [-0.15, -0.1) is 23.7 Å². The third kappa shape index (κ3) is 5.43. The first kappa shape index (κ1) is 24.6. The van der Waals surface area contributed by atoms with E-state index in [4.69, 9.17) is 14.5 Å². The van der Waals surface area contributed by atoms with Gasteiger partial charge in [0.15, 0.2) is 5.82 Å². The first-order valence-corrected chi connectivity index (χ1v) is 12.7. The smallest absolute Gasteiger partial charge is 0.157 e. The highest BCUT2D eigenvalue weighted by Crippen LogP contribution is 2.30. The molecule has 6 nitrogen and oxygen atoms in total. The van der Waals surface area contributed by atoms with Gasteiger partial charge in [-0.05, 0) is 80.0 Å². The first-order chi connectivity index (χ1) is 16.2. The largest absolute Gasteiger partial charge is 0.493 e. The monoisotopic (exact) mass is 500 g/mol. The van der Waals surface area contributed by atoms with Crippen LogP contribution in [-0.2, 0) is 20.0 Å². The summed E-state index contributed by atoms with van der Waals surface area (Å²) in [6.45, 7) is 6.46. The summed E-state index contributed by atoms with van der Waals surface area (Å²) in [5.41, 5.74) is 3.50. The molecule has 8 heteroatoms. The summed E-state index contributed by atoms with van der Waals surface area (Å²) in [4.78, 5) is 4.90. The zero-order valence-electron chi connectivity index (χ0n) is 19.8. The van der Waals surface area contributed by atoms with Crippen LogP contribution < -0.4 is 14.8 Å². The quantitative estimate of drug-likeness (QED) is 0.327. The Labute approximate surface area is 211 Å². The molecule has 1 N–H and O–H groups in total. The van der Waals surface area contributed by atoms with Gasteiger partial charge in [-0.25, -0.2) is 4.98 Å². The molecule has 0 bridgehead atoms. The van der Waals surface area contributed by atoms with E-state index in [0.29, 0.717) is 12.5 Å². The Morgan fingerprint density at radius 3 is 2.53 bits per heavy atom. The van der Waals surface area contributed by atoms with Crippen LogP contribution >= 0.6 is 23.7 Å². The summed E-state index contributed by atoms with van der Waals surface area (Å²) in [5.74, 6) is 3.43. The Bertz CT molecular complexity index is 1190. The number of ether oxygens (including phenoxy) is 2. The molecule has 1 fully saturated rings. The molecule has 4 heterocycles. The maximum atomic E-state index is 6.05. The van der Waals surface area contributed by atoms with E-state index in [2.05, 4.69) is 52.1 Å². The number of halogens is 1. The lowest BCUT2D eigenvalue weighted by Crippen LogP contribution is -2.30. The second-order valence-corrected chi connectivity index (χ2v) is 9.63. The summed E-state index contributed by atoms with van der Waals surface area (Å²) >= 11 is 1.77. The molecule has 1 aliphatic rings. The van der Waals surface area contributed by atoms with Gasteiger partial charge in [0.25, 0.3) is 0 Å². The topological polar surface area (TPSA) is 53.2 Å². The predicted molar refractivity (Wildman–Crippen MR) is 142 cm³/mol. The van der Waals surface area contributed by atoms with Gasteiger partial charge in [-0.2, -0.15) is 0 Å². The van der Waals surface area contributed by atoms with Crippen molar-refractivity contribution in [3.8, 4) is 23.0 Å². The van der Waals surface area contributed by atoms with Gasteiger partial charge in [0.2, 0.25) is 0 Å². The zero-order chi connectivity index (χ0) is 22.6. The molecule has 3 aromatic heterocycles. The fourth-order valence-electron chi connectivity index (χ4n) is 4.44. The standard InChI is InChI=1S/C26H32N4O2S.ClH/c1-3-20-17-30(26(28-20)24-16-25-23(29(24)2)10-15-33-25)13-14-31-21-4-6-22(7-5-21)32-18-19-8-11-27-12-9-19;/h4-7,10,15-17,19,27H,3,8-9,11-14,18H2,1-2H3;1H. The minimum atomic E-state index is 0. The van der Waals surface area contributed by atoms with Crippen LogP contribution in [0.25, 0.3) is 21.7 Å². The minimum absolute atomic E-state index is 0. The average Bonchev–Trinajstić information content (AvgIpc) is 3.55. The van der Waals surface area contributed by atoms with Gasteiger partial charge in [0.1, 0.15) is 18.1 Å². The Morgan fingerprint density at radius 1 is 1.09 bits per heavy atom. The highest BCUT2D eigenvalue weighted by molar-refractivity contribution is 7.17. The van der Waals surface area contributed by atoms with Crippen molar-refractivity contribution in [2.75, 3.05) is 26.3 Å². The third-order valence-electron chi connectivity index (χ3n) is 6.45. The highest BCUT2D eigenvalue weighted by Gasteiger charge is 2.16. The van der Waals surface area contributed by atoms with E-state index < -0.39 is 0 Å². The van der Waals surface area contributed by atoms with Crippen LogP contribution in [0, 0.1) is 5.92 Å². The normalized spacial score (nSPS) is 14.3. The number of piperidine rings is 1. The van der Waals surface area contributed by atoms with Gasteiger partial charge in [0, 0.05) is 13.2 Å². The number of hydrogen-bond donors (Lipinski definition) is 1. The summed E-state index contributed by atoms with van der Waals surface area (Å²) in [6, 6.07) is 12.4. The Balaban J connectivity index is 0.00000274. The number of aromatic nitrogens is 3. The van der Waals surface area contributed by atoms with Crippen molar-refractivity contribution in [1.29, 1.82) is 0 Å². The van der Waals surface area contributed by atoms with E-state index in [1.54, 1.807) is 11.3 Å². The number of nitrogens with one attached hydrogen (secondary N) is 1. The molecular weight excluding hydrogens is 468 g/mol. The second kappa shape index (κ2) is 11.3. The number of benzene rings is 1. The summed E-state index contributed by atoms with van der Waals surface area (Å²) in [6.07, 6.45) is 5.45. The number of nitrogens with zero attached hydrogens (tertiary/aromatic N) is 3. The molecule has 1 saturated heterocycles. The van der Waals surface area contributed by atoms with E-state index in [1.165, 1.54) is 23.1 Å². The van der Waals surface area contributed by atoms with E-state index in [-0.39, 0.29) is 12.4 Å². The number of imidazole rings is 1. The number of thiophene rings is 1. The first-order valence-electron chi connectivity index (χ1n) is 11.9. The molecule has 0 aliphatic carbocycles. The molecule has 0 amide bonds. The summed E-state index contributed by atoms with van der Waals surface area (Å²) in [7, 11) is 2.11. The highest BCUT2D eigenvalue weighted by atomic mass is 35.5. The van der Waals surface area contributed by atoms with Gasteiger partial charge in [-0.1, -0.05) is 6.92 Å². The number of rotatable bonds is 9. The fourth-order valence-corrected chi connectivity index (χ4v) is 5.29. The van der Waals surface area contributed by atoms with Crippen molar-refractivity contribution < 1.29 is 9.47 Å². The zero-order valence-corrected chi connectivity index (χ0v) is 21.5. The van der Waals surface area contributed by atoms with Gasteiger partial charge >= 0.3 is 0 Å². The Kier molecular flexibility index (Phi) is 8.19. The lowest BCUT2D eigenvalue weighted by atomic mass is 9.99. The second-order valence-electron chi connectivity index (χ2n) is 8.69. The number of hydrogen-bond acceptors (Lipinski definition) is 5. The van der Waals surface area contributed by atoms with Crippen LogP contribution in [0.5, 0.6) is 11.5 Å². The molecule has 34 heavy (non-hydrogen) atoms. The van der Waals surface area contributed by atoms with Gasteiger partial charge in [0.05, 0.1) is 34.8 Å². The molecule has 0 radical (unpaired) electrons. The van der Waals surface area contributed by atoms with Crippen molar-refractivity contribution in [2.24, 2.45) is 13.0 Å². The van der Waals surface area contributed by atoms with Crippen molar-refractivity contribution in [3.63, 3.8) is 0 Å². The number of aryl methyl sites for hydroxylation is 2. The maximum Gasteiger partial charge on any atom is 0.157 e. The molecule has 0 saturated carbocycles. The summed E-state index contributed by atoms with van der Waals surface area (Å²) in [5, 5.41) is 5.53. The van der Waals surface area contributed by atoms with Crippen molar-refractivity contribution in [3.05, 3.63) is 53.7 Å². The van der Waals surface area contributed by atoms with E-state index in [1.807, 2.05) is 24.3 Å². The van der Waals surface area contributed by atoms with Crippen LogP contribution in [0.15, 0.2) is 48.0 Å². The average molecular weight is 501 g/mol. The van der Waals surface area contributed by atoms with E-state index in [9.17, 15) is 0 Å². The number of fused-ring (bicyclic) bond motifs is 1. The molecule has 0 atom stereocenters. The predicted octanol–water partition coefficient (Wildman–Crippen LogP) is 5.54. The molecule has 1 aliphatic heterocycles.